The van der Waals surface area contributed by atoms with Crippen LogP contribution in [0.15, 0.2) is 36.4 Å². The first-order valence-corrected chi connectivity index (χ1v) is 8.90. The van der Waals surface area contributed by atoms with E-state index in [0.29, 0.717) is 11.1 Å². The third-order valence-corrected chi connectivity index (χ3v) is 5.05. The zero-order valence-electron chi connectivity index (χ0n) is 12.0. The fraction of sp³-hybridized carbons (Fsp3) is 0.235. The minimum absolute atomic E-state index is 0.194. The Hall–Kier alpha value is -0.570. The summed E-state index contributed by atoms with van der Waals surface area (Å²) in [7, 11) is 0. The van der Waals surface area contributed by atoms with Gasteiger partial charge in [0.25, 0.3) is 0 Å². The standard InChI is InChI=1S/C17H14F2I2O/c1-9(13-5-3-11(20)7-15(13)18)17(22)10(2)14-6-4-12(21)8-16(14)19/h3-10H,1-2H3. The van der Waals surface area contributed by atoms with Gasteiger partial charge in [-0.25, -0.2) is 8.78 Å². The van der Waals surface area contributed by atoms with Gasteiger partial charge in [0.1, 0.15) is 17.4 Å². The molecule has 0 saturated carbocycles. The third kappa shape index (κ3) is 3.84. The van der Waals surface area contributed by atoms with Crippen LogP contribution in [0.25, 0.3) is 0 Å². The molecule has 0 heterocycles. The highest BCUT2D eigenvalue weighted by atomic mass is 127. The van der Waals surface area contributed by atoms with Gasteiger partial charge in [0, 0.05) is 19.0 Å². The van der Waals surface area contributed by atoms with Gasteiger partial charge in [-0.1, -0.05) is 26.0 Å². The summed E-state index contributed by atoms with van der Waals surface area (Å²) in [5.41, 5.74) is 0.700. The molecule has 1 nitrogen and oxygen atoms in total. The largest absolute Gasteiger partial charge is 0.298 e. The first kappa shape index (κ1) is 17.8. The van der Waals surface area contributed by atoms with Gasteiger partial charge in [0.15, 0.2) is 0 Å². The highest BCUT2D eigenvalue weighted by Gasteiger charge is 2.26. The molecule has 0 aliphatic heterocycles. The molecule has 0 aromatic heterocycles. The zero-order chi connectivity index (χ0) is 16.4. The third-order valence-electron chi connectivity index (χ3n) is 3.71. The van der Waals surface area contributed by atoms with E-state index in [9.17, 15) is 13.6 Å². The highest BCUT2D eigenvalue weighted by molar-refractivity contribution is 14.1. The second kappa shape index (κ2) is 7.33. The van der Waals surface area contributed by atoms with Gasteiger partial charge >= 0.3 is 0 Å². The van der Waals surface area contributed by atoms with Crippen LogP contribution in [0, 0.1) is 18.8 Å². The maximum Gasteiger partial charge on any atom is 0.147 e. The lowest BCUT2D eigenvalue weighted by Crippen LogP contribution is -2.18. The minimum atomic E-state index is -0.620. The van der Waals surface area contributed by atoms with Crippen LogP contribution in [0.4, 0.5) is 8.78 Å². The molecule has 0 fully saturated rings. The predicted octanol–water partition coefficient (Wildman–Crippen LogP) is 5.65. The van der Waals surface area contributed by atoms with Crippen molar-refractivity contribution in [1.82, 2.24) is 0 Å². The molecule has 0 amide bonds. The lowest BCUT2D eigenvalue weighted by molar-refractivity contribution is -0.121. The number of ketones is 1. The van der Waals surface area contributed by atoms with Crippen molar-refractivity contribution in [3.05, 3.63) is 66.3 Å². The molecule has 5 heteroatoms. The zero-order valence-corrected chi connectivity index (χ0v) is 16.4. The van der Waals surface area contributed by atoms with Gasteiger partial charge in [0.05, 0.1) is 0 Å². The van der Waals surface area contributed by atoms with Crippen LogP contribution < -0.4 is 0 Å². The first-order chi connectivity index (χ1) is 10.3. The maximum atomic E-state index is 14.0. The Bertz CT molecular complexity index is 656. The summed E-state index contributed by atoms with van der Waals surface area (Å²) in [5, 5.41) is 0. The summed E-state index contributed by atoms with van der Waals surface area (Å²) < 4.78 is 29.6. The summed E-state index contributed by atoms with van der Waals surface area (Å²) in [6.45, 7) is 3.32. The average Bonchev–Trinajstić information content (AvgIpc) is 2.45. The fourth-order valence-electron chi connectivity index (χ4n) is 2.39. The highest BCUT2D eigenvalue weighted by Crippen LogP contribution is 2.30. The van der Waals surface area contributed by atoms with Crippen molar-refractivity contribution >= 4 is 51.0 Å². The summed E-state index contributed by atoms with van der Waals surface area (Å²) in [5.74, 6) is -2.23. The molecule has 2 unspecified atom stereocenters. The van der Waals surface area contributed by atoms with Crippen LogP contribution in [0.5, 0.6) is 0 Å². The Labute approximate surface area is 155 Å². The van der Waals surface area contributed by atoms with Crippen LogP contribution in [-0.4, -0.2) is 5.78 Å². The molecule has 2 atom stereocenters. The van der Waals surface area contributed by atoms with Gasteiger partial charge in [-0.3, -0.25) is 4.79 Å². The van der Waals surface area contributed by atoms with Gasteiger partial charge in [-0.15, -0.1) is 0 Å². The molecule has 2 aromatic rings. The van der Waals surface area contributed by atoms with Crippen molar-refractivity contribution in [3.63, 3.8) is 0 Å². The van der Waals surface area contributed by atoms with E-state index in [0.717, 1.165) is 7.14 Å². The SMILES string of the molecule is CC(C(=O)C(C)c1ccc(I)cc1F)c1ccc(I)cc1F. The van der Waals surface area contributed by atoms with E-state index in [-0.39, 0.29) is 5.78 Å². The molecular weight excluding hydrogens is 512 g/mol. The Morgan fingerprint density at radius 1 is 0.864 bits per heavy atom. The van der Waals surface area contributed by atoms with Crippen LogP contribution in [-0.2, 0) is 4.79 Å². The number of halogens is 4. The Balaban J connectivity index is 2.29. The Morgan fingerprint density at radius 3 is 1.55 bits per heavy atom. The Morgan fingerprint density at radius 2 is 1.23 bits per heavy atom. The molecule has 0 radical (unpaired) electrons. The van der Waals surface area contributed by atoms with E-state index < -0.39 is 23.5 Å². The smallest absolute Gasteiger partial charge is 0.147 e. The fourth-order valence-corrected chi connectivity index (χ4v) is 3.29. The van der Waals surface area contributed by atoms with E-state index in [1.807, 2.05) is 45.2 Å². The second-order valence-electron chi connectivity index (χ2n) is 5.18. The molecule has 0 spiro atoms. The summed E-state index contributed by atoms with van der Waals surface area (Å²) >= 11 is 4.04. The normalized spacial score (nSPS) is 13.7. The van der Waals surface area contributed by atoms with Crippen LogP contribution in [0.3, 0.4) is 0 Å². The molecular formula is C17H14F2I2O. The number of Topliss-reactive ketones (excluding diaryl/α,β-unsaturated/α-hetero) is 1. The summed E-state index contributed by atoms with van der Waals surface area (Å²) in [4.78, 5) is 12.6. The molecule has 22 heavy (non-hydrogen) atoms. The van der Waals surface area contributed by atoms with Gasteiger partial charge < -0.3 is 0 Å². The molecule has 0 N–H and O–H groups in total. The lowest BCUT2D eigenvalue weighted by atomic mass is 9.85. The second-order valence-corrected chi connectivity index (χ2v) is 7.67. The molecule has 0 bridgehead atoms. The predicted molar refractivity (Wildman–Crippen MR) is 100 cm³/mol. The van der Waals surface area contributed by atoms with Crippen LogP contribution in [0.2, 0.25) is 0 Å². The first-order valence-electron chi connectivity index (χ1n) is 6.75. The molecule has 0 aliphatic carbocycles. The van der Waals surface area contributed by atoms with E-state index >= 15 is 0 Å². The number of benzene rings is 2. The van der Waals surface area contributed by atoms with Gasteiger partial charge in [0.2, 0.25) is 0 Å². The number of carbonyl (C=O) groups is 1. The molecule has 116 valence electrons. The summed E-state index contributed by atoms with van der Waals surface area (Å²) in [6, 6.07) is 9.57. The van der Waals surface area contributed by atoms with Crippen LogP contribution >= 0.6 is 45.2 Å². The van der Waals surface area contributed by atoms with Crippen molar-refractivity contribution in [3.8, 4) is 0 Å². The maximum absolute atomic E-state index is 14.0. The number of hydrogen-bond donors (Lipinski definition) is 0. The number of carbonyl (C=O) groups excluding carboxylic acids is 1. The van der Waals surface area contributed by atoms with E-state index in [1.54, 1.807) is 38.1 Å². The quantitative estimate of drug-likeness (QED) is 0.471. The van der Waals surface area contributed by atoms with E-state index in [4.69, 9.17) is 0 Å². The monoisotopic (exact) mass is 526 g/mol. The topological polar surface area (TPSA) is 17.1 Å². The number of rotatable bonds is 4. The van der Waals surface area contributed by atoms with Gasteiger partial charge in [-0.05, 0) is 80.6 Å². The van der Waals surface area contributed by atoms with E-state index in [2.05, 4.69) is 0 Å². The van der Waals surface area contributed by atoms with Crippen molar-refractivity contribution in [2.75, 3.05) is 0 Å². The van der Waals surface area contributed by atoms with Crippen LogP contribution in [0.1, 0.15) is 36.8 Å². The van der Waals surface area contributed by atoms with Crippen molar-refractivity contribution in [2.24, 2.45) is 0 Å². The number of hydrogen-bond acceptors (Lipinski definition) is 1. The molecule has 2 aromatic carbocycles. The van der Waals surface area contributed by atoms with Crippen molar-refractivity contribution < 1.29 is 13.6 Å². The molecule has 0 aliphatic rings. The van der Waals surface area contributed by atoms with E-state index in [1.165, 1.54) is 12.1 Å². The summed E-state index contributed by atoms with van der Waals surface area (Å²) in [6.07, 6.45) is 0. The van der Waals surface area contributed by atoms with Gasteiger partial charge in [-0.2, -0.15) is 0 Å². The molecule has 2 rings (SSSR count). The van der Waals surface area contributed by atoms with Crippen molar-refractivity contribution in [1.29, 1.82) is 0 Å². The average molecular weight is 526 g/mol. The van der Waals surface area contributed by atoms with Crippen molar-refractivity contribution in [2.45, 2.75) is 25.7 Å². The Kier molecular flexibility index (Phi) is 5.93. The molecule has 0 saturated heterocycles. The lowest BCUT2D eigenvalue weighted by Gasteiger charge is -2.18. The minimum Gasteiger partial charge on any atom is -0.298 e.